The van der Waals surface area contributed by atoms with Crippen LogP contribution in [0.3, 0.4) is 0 Å². The van der Waals surface area contributed by atoms with Crippen molar-refractivity contribution in [2.45, 2.75) is 6.92 Å². The molecule has 0 aliphatic heterocycles. The van der Waals surface area contributed by atoms with Crippen molar-refractivity contribution in [3.63, 3.8) is 0 Å². The van der Waals surface area contributed by atoms with E-state index in [-0.39, 0.29) is 11.3 Å². The van der Waals surface area contributed by atoms with E-state index in [0.717, 1.165) is 5.56 Å². The first kappa shape index (κ1) is 14.8. The van der Waals surface area contributed by atoms with Gasteiger partial charge < -0.3 is 15.7 Å². The maximum atomic E-state index is 11.8. The van der Waals surface area contributed by atoms with Crippen LogP contribution in [0.5, 0.6) is 0 Å². The summed E-state index contributed by atoms with van der Waals surface area (Å²) in [6.45, 7) is 1.89. The highest BCUT2D eigenvalue weighted by atomic mass is 35.5. The zero-order chi connectivity index (χ0) is 15.4. The minimum atomic E-state index is -1.12. The summed E-state index contributed by atoms with van der Waals surface area (Å²) in [5.41, 5.74) is 1.70. The number of rotatable bonds is 3. The number of amides is 2. The average Bonchev–Trinajstić information content (AvgIpc) is 2.42. The van der Waals surface area contributed by atoms with E-state index < -0.39 is 12.0 Å². The number of nitrogens with zero attached hydrogens (tertiary/aromatic N) is 1. The van der Waals surface area contributed by atoms with Gasteiger partial charge in [-0.15, -0.1) is 0 Å². The molecule has 21 heavy (non-hydrogen) atoms. The molecule has 0 aliphatic rings. The summed E-state index contributed by atoms with van der Waals surface area (Å²) in [7, 11) is 0. The summed E-state index contributed by atoms with van der Waals surface area (Å²) < 4.78 is 0. The SMILES string of the molecule is Cc1ccc(NC(=O)Nc2cncc(C(=O)O)c2)c(Cl)c1. The van der Waals surface area contributed by atoms with E-state index in [9.17, 15) is 9.59 Å². The largest absolute Gasteiger partial charge is 0.478 e. The molecule has 7 heteroatoms. The van der Waals surface area contributed by atoms with Gasteiger partial charge in [-0.25, -0.2) is 9.59 Å². The molecule has 2 rings (SSSR count). The lowest BCUT2D eigenvalue weighted by molar-refractivity contribution is 0.0696. The van der Waals surface area contributed by atoms with Crippen LogP contribution in [0.25, 0.3) is 0 Å². The average molecular weight is 306 g/mol. The van der Waals surface area contributed by atoms with Crippen LogP contribution in [0, 0.1) is 6.92 Å². The van der Waals surface area contributed by atoms with Gasteiger partial charge in [0, 0.05) is 6.20 Å². The van der Waals surface area contributed by atoms with Crippen molar-refractivity contribution in [1.82, 2.24) is 4.98 Å². The standard InChI is InChI=1S/C14H12ClN3O3/c1-8-2-3-12(11(15)4-8)18-14(21)17-10-5-9(13(19)20)6-16-7-10/h2-7H,1H3,(H,19,20)(H2,17,18,21). The number of aryl methyl sites for hydroxylation is 1. The first-order valence-electron chi connectivity index (χ1n) is 5.98. The van der Waals surface area contributed by atoms with Gasteiger partial charge in [0.15, 0.2) is 0 Å². The molecule has 0 radical (unpaired) electrons. The van der Waals surface area contributed by atoms with Gasteiger partial charge in [-0.05, 0) is 30.7 Å². The molecule has 108 valence electrons. The number of pyridine rings is 1. The molecular formula is C14H12ClN3O3. The monoisotopic (exact) mass is 305 g/mol. The number of aromatic carboxylic acids is 1. The lowest BCUT2D eigenvalue weighted by Crippen LogP contribution is -2.20. The summed E-state index contributed by atoms with van der Waals surface area (Å²) in [5, 5.41) is 14.3. The maximum Gasteiger partial charge on any atom is 0.337 e. The lowest BCUT2D eigenvalue weighted by Gasteiger charge is -2.09. The molecule has 0 saturated carbocycles. The van der Waals surface area contributed by atoms with Crippen LogP contribution in [0.1, 0.15) is 15.9 Å². The number of carbonyl (C=O) groups excluding carboxylic acids is 1. The zero-order valence-electron chi connectivity index (χ0n) is 11.1. The van der Waals surface area contributed by atoms with Crippen LogP contribution in [0.2, 0.25) is 5.02 Å². The van der Waals surface area contributed by atoms with E-state index in [4.69, 9.17) is 16.7 Å². The van der Waals surface area contributed by atoms with Crippen LogP contribution < -0.4 is 10.6 Å². The number of hydrogen-bond donors (Lipinski definition) is 3. The van der Waals surface area contributed by atoms with Crippen molar-refractivity contribution in [3.05, 3.63) is 52.8 Å². The first-order valence-corrected chi connectivity index (χ1v) is 6.36. The molecule has 1 aromatic carbocycles. The van der Waals surface area contributed by atoms with Crippen molar-refractivity contribution in [2.24, 2.45) is 0 Å². The summed E-state index contributed by atoms with van der Waals surface area (Å²) in [6, 6.07) is 6.00. The summed E-state index contributed by atoms with van der Waals surface area (Å²) in [4.78, 5) is 26.4. The number of carboxylic acids is 1. The van der Waals surface area contributed by atoms with Crippen LogP contribution in [0.4, 0.5) is 16.2 Å². The van der Waals surface area contributed by atoms with Crippen molar-refractivity contribution in [3.8, 4) is 0 Å². The molecule has 0 atom stereocenters. The number of carboxylic acid groups (broad SMARTS) is 1. The fourth-order valence-corrected chi connectivity index (χ4v) is 1.91. The van der Waals surface area contributed by atoms with E-state index in [1.807, 2.05) is 13.0 Å². The fraction of sp³-hybridized carbons (Fsp3) is 0.0714. The van der Waals surface area contributed by atoms with Crippen LogP contribution in [-0.4, -0.2) is 22.1 Å². The summed E-state index contributed by atoms with van der Waals surface area (Å²) in [5.74, 6) is -1.12. The van der Waals surface area contributed by atoms with Gasteiger partial charge in [-0.1, -0.05) is 17.7 Å². The van der Waals surface area contributed by atoms with Gasteiger partial charge in [0.2, 0.25) is 0 Å². The van der Waals surface area contributed by atoms with Gasteiger partial charge in [0.05, 0.1) is 28.2 Å². The summed E-state index contributed by atoms with van der Waals surface area (Å²) in [6.07, 6.45) is 2.55. The minimum Gasteiger partial charge on any atom is -0.478 e. The number of nitrogens with one attached hydrogen (secondary N) is 2. The number of anilines is 2. The third-order valence-electron chi connectivity index (χ3n) is 2.62. The van der Waals surface area contributed by atoms with E-state index in [1.54, 1.807) is 12.1 Å². The van der Waals surface area contributed by atoms with E-state index in [2.05, 4.69) is 15.6 Å². The molecular weight excluding hydrogens is 294 g/mol. The van der Waals surface area contributed by atoms with Crippen LogP contribution in [0.15, 0.2) is 36.7 Å². The Labute approximate surface area is 125 Å². The Morgan fingerprint density at radius 2 is 1.95 bits per heavy atom. The van der Waals surface area contributed by atoms with Gasteiger partial charge in [-0.2, -0.15) is 0 Å². The molecule has 2 aromatic rings. The van der Waals surface area contributed by atoms with Gasteiger partial charge >= 0.3 is 12.0 Å². The van der Waals surface area contributed by atoms with Crippen LogP contribution >= 0.6 is 11.6 Å². The molecule has 1 aromatic heterocycles. The van der Waals surface area contributed by atoms with Crippen LogP contribution in [-0.2, 0) is 0 Å². The first-order chi connectivity index (χ1) is 9.95. The molecule has 0 spiro atoms. The predicted octanol–water partition coefficient (Wildman–Crippen LogP) is 3.39. The van der Waals surface area contributed by atoms with Crippen molar-refractivity contribution >= 4 is 35.0 Å². The zero-order valence-corrected chi connectivity index (χ0v) is 11.8. The molecule has 0 unspecified atom stereocenters. The third-order valence-corrected chi connectivity index (χ3v) is 2.93. The number of hydrogen-bond acceptors (Lipinski definition) is 3. The second-order valence-electron chi connectivity index (χ2n) is 4.33. The Balaban J connectivity index is 2.08. The van der Waals surface area contributed by atoms with E-state index in [0.29, 0.717) is 10.7 Å². The molecule has 0 fully saturated rings. The highest BCUT2D eigenvalue weighted by Gasteiger charge is 2.08. The predicted molar refractivity (Wildman–Crippen MR) is 80.0 cm³/mol. The Morgan fingerprint density at radius 3 is 2.62 bits per heavy atom. The minimum absolute atomic E-state index is 0.0128. The molecule has 6 nitrogen and oxygen atoms in total. The lowest BCUT2D eigenvalue weighted by atomic mass is 10.2. The molecule has 0 saturated heterocycles. The Morgan fingerprint density at radius 1 is 1.19 bits per heavy atom. The van der Waals surface area contributed by atoms with Gasteiger partial charge in [0.25, 0.3) is 0 Å². The van der Waals surface area contributed by atoms with Crippen molar-refractivity contribution in [2.75, 3.05) is 10.6 Å². The highest BCUT2D eigenvalue weighted by molar-refractivity contribution is 6.33. The number of benzene rings is 1. The second kappa shape index (κ2) is 6.23. The van der Waals surface area contributed by atoms with Crippen molar-refractivity contribution in [1.29, 1.82) is 0 Å². The molecule has 0 bridgehead atoms. The Hall–Kier alpha value is -2.60. The van der Waals surface area contributed by atoms with Gasteiger partial charge in [0.1, 0.15) is 0 Å². The Kier molecular flexibility index (Phi) is 4.39. The number of halogens is 1. The topological polar surface area (TPSA) is 91.3 Å². The molecule has 0 aliphatic carbocycles. The normalized spacial score (nSPS) is 10.0. The fourth-order valence-electron chi connectivity index (χ4n) is 1.63. The molecule has 3 N–H and O–H groups in total. The smallest absolute Gasteiger partial charge is 0.337 e. The third kappa shape index (κ3) is 3.93. The highest BCUT2D eigenvalue weighted by Crippen LogP contribution is 2.22. The summed E-state index contributed by atoms with van der Waals surface area (Å²) >= 11 is 6.01. The molecule has 1 heterocycles. The second-order valence-corrected chi connectivity index (χ2v) is 4.74. The van der Waals surface area contributed by atoms with Gasteiger partial charge in [-0.3, -0.25) is 4.98 Å². The van der Waals surface area contributed by atoms with E-state index in [1.165, 1.54) is 18.5 Å². The molecule has 2 amide bonds. The number of carbonyl (C=O) groups is 2. The van der Waals surface area contributed by atoms with E-state index >= 15 is 0 Å². The quantitative estimate of drug-likeness (QED) is 0.810. The Bertz CT molecular complexity index is 704. The van der Waals surface area contributed by atoms with Crippen molar-refractivity contribution < 1.29 is 14.7 Å². The number of urea groups is 1. The maximum absolute atomic E-state index is 11.8. The number of aromatic nitrogens is 1.